The van der Waals surface area contributed by atoms with Crippen LogP contribution in [0.3, 0.4) is 0 Å². The Labute approximate surface area is 132 Å². The zero-order valence-electron chi connectivity index (χ0n) is 12.5. The van der Waals surface area contributed by atoms with Crippen molar-refractivity contribution in [2.24, 2.45) is 0 Å². The molecule has 0 unspecified atom stereocenters. The van der Waals surface area contributed by atoms with Crippen LogP contribution in [0.25, 0.3) is 0 Å². The quantitative estimate of drug-likeness (QED) is 0.881. The molecule has 2 aromatic rings. The highest BCUT2D eigenvalue weighted by Gasteiger charge is 2.09. The Morgan fingerprint density at radius 3 is 2.73 bits per heavy atom. The molecule has 2 nitrogen and oxygen atoms in total. The first-order chi connectivity index (χ1) is 10.5. The molecule has 0 radical (unpaired) electrons. The molecule has 0 aliphatic heterocycles. The maximum Gasteiger partial charge on any atom is 0.234 e. The lowest BCUT2D eigenvalue weighted by atomic mass is 10.1. The molecule has 116 valence electrons. The SMILES string of the molecule is Cc1ccc(C)c(NC(=O)CSCc2cccc(F)c2F)c1. The van der Waals surface area contributed by atoms with Gasteiger partial charge in [0.25, 0.3) is 0 Å². The molecule has 0 aliphatic rings. The van der Waals surface area contributed by atoms with Crippen molar-refractivity contribution in [1.82, 2.24) is 0 Å². The summed E-state index contributed by atoms with van der Waals surface area (Å²) in [6.45, 7) is 3.88. The summed E-state index contributed by atoms with van der Waals surface area (Å²) in [5.41, 5.74) is 3.10. The van der Waals surface area contributed by atoms with Gasteiger partial charge < -0.3 is 5.32 Å². The van der Waals surface area contributed by atoms with E-state index < -0.39 is 11.6 Å². The number of rotatable bonds is 5. The molecule has 1 N–H and O–H groups in total. The molecule has 0 spiro atoms. The third-order valence-corrected chi connectivity index (χ3v) is 4.17. The maximum absolute atomic E-state index is 13.5. The molecule has 0 atom stereocenters. The van der Waals surface area contributed by atoms with Crippen LogP contribution in [-0.2, 0) is 10.5 Å². The molecular weight excluding hydrogens is 304 g/mol. The van der Waals surface area contributed by atoms with Gasteiger partial charge in [-0.1, -0.05) is 24.3 Å². The third kappa shape index (κ3) is 4.31. The van der Waals surface area contributed by atoms with Crippen molar-refractivity contribution in [3.63, 3.8) is 0 Å². The van der Waals surface area contributed by atoms with Crippen molar-refractivity contribution in [3.05, 3.63) is 64.7 Å². The molecule has 0 fully saturated rings. The van der Waals surface area contributed by atoms with Crippen molar-refractivity contribution >= 4 is 23.4 Å². The molecule has 0 saturated heterocycles. The van der Waals surface area contributed by atoms with Gasteiger partial charge in [-0.2, -0.15) is 0 Å². The minimum absolute atomic E-state index is 0.157. The number of benzene rings is 2. The first-order valence-corrected chi connectivity index (χ1v) is 8.00. The lowest BCUT2D eigenvalue weighted by Gasteiger charge is -2.09. The molecule has 0 bridgehead atoms. The van der Waals surface area contributed by atoms with E-state index in [1.165, 1.54) is 23.9 Å². The van der Waals surface area contributed by atoms with Gasteiger partial charge in [-0.25, -0.2) is 8.78 Å². The largest absolute Gasteiger partial charge is 0.325 e. The Hall–Kier alpha value is -1.88. The topological polar surface area (TPSA) is 29.1 Å². The number of thioether (sulfide) groups is 1. The first-order valence-electron chi connectivity index (χ1n) is 6.85. The maximum atomic E-state index is 13.5. The lowest BCUT2D eigenvalue weighted by molar-refractivity contribution is -0.113. The summed E-state index contributed by atoms with van der Waals surface area (Å²) in [6, 6.07) is 9.89. The molecule has 2 rings (SSSR count). The first kappa shape index (κ1) is 16.5. The van der Waals surface area contributed by atoms with Gasteiger partial charge in [0.05, 0.1) is 5.75 Å². The molecule has 2 aromatic carbocycles. The molecule has 0 heterocycles. The van der Waals surface area contributed by atoms with Crippen LogP contribution in [0.2, 0.25) is 0 Å². The highest BCUT2D eigenvalue weighted by Crippen LogP contribution is 2.19. The van der Waals surface area contributed by atoms with E-state index in [1.807, 2.05) is 32.0 Å². The summed E-state index contributed by atoms with van der Waals surface area (Å²) < 4.78 is 26.6. The Balaban J connectivity index is 1.88. The van der Waals surface area contributed by atoms with Crippen LogP contribution in [0.4, 0.5) is 14.5 Å². The van der Waals surface area contributed by atoms with Gasteiger partial charge in [0.1, 0.15) is 0 Å². The second kappa shape index (κ2) is 7.40. The molecule has 0 saturated carbocycles. The molecule has 22 heavy (non-hydrogen) atoms. The molecule has 0 aromatic heterocycles. The average molecular weight is 321 g/mol. The minimum atomic E-state index is -0.863. The number of anilines is 1. The van der Waals surface area contributed by atoms with E-state index in [0.717, 1.165) is 22.9 Å². The normalized spacial score (nSPS) is 10.5. The predicted octanol–water partition coefficient (Wildman–Crippen LogP) is 4.45. The van der Waals surface area contributed by atoms with Gasteiger partial charge in [0.15, 0.2) is 11.6 Å². The van der Waals surface area contributed by atoms with Gasteiger partial charge in [0, 0.05) is 17.0 Å². The van der Waals surface area contributed by atoms with Crippen molar-refractivity contribution < 1.29 is 13.6 Å². The van der Waals surface area contributed by atoms with Gasteiger partial charge in [-0.15, -0.1) is 11.8 Å². The van der Waals surface area contributed by atoms with Crippen LogP contribution >= 0.6 is 11.8 Å². The Bertz CT molecular complexity index is 688. The fourth-order valence-electron chi connectivity index (χ4n) is 1.97. The number of carbonyl (C=O) groups excluding carboxylic acids is 1. The van der Waals surface area contributed by atoms with Gasteiger partial charge in [-0.05, 0) is 37.1 Å². The lowest BCUT2D eigenvalue weighted by Crippen LogP contribution is -2.15. The van der Waals surface area contributed by atoms with E-state index >= 15 is 0 Å². The highest BCUT2D eigenvalue weighted by molar-refractivity contribution is 7.99. The number of halogens is 2. The Morgan fingerprint density at radius 2 is 1.95 bits per heavy atom. The predicted molar refractivity (Wildman–Crippen MR) is 87.1 cm³/mol. The smallest absolute Gasteiger partial charge is 0.234 e. The van der Waals surface area contributed by atoms with Gasteiger partial charge in [0.2, 0.25) is 5.91 Å². The van der Waals surface area contributed by atoms with Crippen molar-refractivity contribution in [2.75, 3.05) is 11.1 Å². The zero-order chi connectivity index (χ0) is 16.1. The van der Waals surface area contributed by atoms with E-state index in [2.05, 4.69) is 5.32 Å². The summed E-state index contributed by atoms with van der Waals surface area (Å²) in [5.74, 6) is -1.42. The number of hydrogen-bond acceptors (Lipinski definition) is 2. The second-order valence-electron chi connectivity index (χ2n) is 5.07. The van der Waals surface area contributed by atoms with Crippen LogP contribution in [-0.4, -0.2) is 11.7 Å². The molecular formula is C17H17F2NOS. The van der Waals surface area contributed by atoms with E-state index in [1.54, 1.807) is 0 Å². The fourth-order valence-corrected chi connectivity index (χ4v) is 2.77. The van der Waals surface area contributed by atoms with Crippen LogP contribution in [0, 0.1) is 25.5 Å². The molecule has 0 aliphatic carbocycles. The minimum Gasteiger partial charge on any atom is -0.325 e. The van der Waals surface area contributed by atoms with Crippen LogP contribution < -0.4 is 5.32 Å². The fraction of sp³-hybridized carbons (Fsp3) is 0.235. The van der Waals surface area contributed by atoms with Crippen molar-refractivity contribution in [3.8, 4) is 0 Å². The summed E-state index contributed by atoms with van der Waals surface area (Å²) in [7, 11) is 0. The average Bonchev–Trinajstić information content (AvgIpc) is 2.47. The molecule has 1 amide bonds. The van der Waals surface area contributed by atoms with E-state index in [4.69, 9.17) is 0 Å². The highest BCUT2D eigenvalue weighted by atomic mass is 32.2. The Morgan fingerprint density at radius 1 is 1.18 bits per heavy atom. The monoisotopic (exact) mass is 321 g/mol. The van der Waals surface area contributed by atoms with Gasteiger partial charge in [-0.3, -0.25) is 4.79 Å². The number of hydrogen-bond donors (Lipinski definition) is 1. The number of carbonyl (C=O) groups is 1. The molecule has 5 heteroatoms. The van der Waals surface area contributed by atoms with Crippen LogP contribution in [0.1, 0.15) is 16.7 Å². The summed E-state index contributed by atoms with van der Waals surface area (Å²) >= 11 is 1.25. The number of aryl methyl sites for hydroxylation is 2. The van der Waals surface area contributed by atoms with E-state index in [-0.39, 0.29) is 23.0 Å². The Kier molecular flexibility index (Phi) is 5.55. The van der Waals surface area contributed by atoms with E-state index in [0.29, 0.717) is 0 Å². The second-order valence-corrected chi connectivity index (χ2v) is 6.06. The number of amides is 1. The van der Waals surface area contributed by atoms with Crippen molar-refractivity contribution in [1.29, 1.82) is 0 Å². The number of nitrogens with one attached hydrogen (secondary N) is 1. The summed E-state index contributed by atoms with van der Waals surface area (Å²) in [6.07, 6.45) is 0. The summed E-state index contributed by atoms with van der Waals surface area (Å²) in [4.78, 5) is 11.9. The van der Waals surface area contributed by atoms with Crippen LogP contribution in [0.15, 0.2) is 36.4 Å². The van der Waals surface area contributed by atoms with Crippen molar-refractivity contribution in [2.45, 2.75) is 19.6 Å². The van der Waals surface area contributed by atoms with Gasteiger partial charge >= 0.3 is 0 Å². The zero-order valence-corrected chi connectivity index (χ0v) is 13.3. The van der Waals surface area contributed by atoms with Crippen LogP contribution in [0.5, 0.6) is 0 Å². The third-order valence-electron chi connectivity index (χ3n) is 3.19. The van der Waals surface area contributed by atoms with E-state index in [9.17, 15) is 13.6 Å². The summed E-state index contributed by atoms with van der Waals surface area (Å²) in [5, 5.41) is 2.84. The standard InChI is InChI=1S/C17H17F2NOS/c1-11-6-7-12(2)15(8-11)20-16(21)10-22-9-13-4-3-5-14(18)17(13)19/h3-8H,9-10H2,1-2H3,(H,20,21).